The fraction of sp³-hybridized carbons (Fsp3) is 0.444. The number of hydrogen-bond donors (Lipinski definition) is 5. The summed E-state index contributed by atoms with van der Waals surface area (Å²) in [5.74, 6) is 8.77. The maximum absolute atomic E-state index is 11.6. The quantitative estimate of drug-likeness (QED) is 0.272. The Hall–Kier alpha value is -5.00. The summed E-state index contributed by atoms with van der Waals surface area (Å²) in [5.41, 5.74) is 5.95. The standard InChI is InChI=1S/C18H24N2O3.C9H20N2O2.C9H6O2/c1-14(13-20-17(22)23-18(2,3)4)12-19-16(21)11-10-15-8-6-5-7-9-15;1-7(5-10)6-11-8(12)13-9(2,3)4;10-9(11)7-6-8-4-2-1-3-5-8/h5-9,14H,12-13H2,1-4H3,(H,19,21)(H,20,22);7H,5-6,10H2,1-4H3,(H,11,12);1-5H,(H,10,11). The fourth-order valence-corrected chi connectivity index (χ4v) is 2.91. The molecule has 0 radical (unpaired) electrons. The third-order valence-electron chi connectivity index (χ3n) is 5.18. The highest BCUT2D eigenvalue weighted by Crippen LogP contribution is 2.07. The first-order chi connectivity index (χ1) is 21.9. The first-order valence-electron chi connectivity index (χ1n) is 15.2. The van der Waals surface area contributed by atoms with Crippen LogP contribution in [0.2, 0.25) is 0 Å². The van der Waals surface area contributed by atoms with Crippen LogP contribution in [0, 0.1) is 35.5 Å². The minimum absolute atomic E-state index is 0.0741. The van der Waals surface area contributed by atoms with E-state index in [-0.39, 0.29) is 23.8 Å². The van der Waals surface area contributed by atoms with Crippen LogP contribution < -0.4 is 21.7 Å². The van der Waals surface area contributed by atoms with Gasteiger partial charge in [-0.1, -0.05) is 62.1 Å². The van der Waals surface area contributed by atoms with Crippen molar-refractivity contribution in [1.82, 2.24) is 16.0 Å². The van der Waals surface area contributed by atoms with Gasteiger partial charge in [-0.25, -0.2) is 14.4 Å². The van der Waals surface area contributed by atoms with Gasteiger partial charge < -0.3 is 36.3 Å². The summed E-state index contributed by atoms with van der Waals surface area (Å²) in [6.45, 7) is 16.8. The summed E-state index contributed by atoms with van der Waals surface area (Å²) in [7, 11) is 0. The van der Waals surface area contributed by atoms with Gasteiger partial charge in [0.15, 0.2) is 0 Å². The smallest absolute Gasteiger partial charge is 0.407 e. The average Bonchev–Trinajstić information content (AvgIpc) is 2.99. The number of amides is 3. The second-order valence-corrected chi connectivity index (χ2v) is 12.5. The van der Waals surface area contributed by atoms with Crippen molar-refractivity contribution < 1.29 is 33.8 Å². The van der Waals surface area contributed by atoms with E-state index in [2.05, 4.69) is 33.7 Å². The molecule has 6 N–H and O–H groups in total. The molecule has 0 fully saturated rings. The number of rotatable bonds is 7. The summed E-state index contributed by atoms with van der Waals surface area (Å²) >= 11 is 0. The molecule has 0 aromatic heterocycles. The Kier molecular flexibility index (Phi) is 20.1. The summed E-state index contributed by atoms with van der Waals surface area (Å²) in [5, 5.41) is 16.2. The van der Waals surface area contributed by atoms with Gasteiger partial charge in [-0.05, 0) is 84.2 Å². The van der Waals surface area contributed by atoms with Gasteiger partial charge in [0.25, 0.3) is 5.91 Å². The Bertz CT molecular complexity index is 1360. The summed E-state index contributed by atoms with van der Waals surface area (Å²) in [6.07, 6.45) is -0.840. The van der Waals surface area contributed by atoms with E-state index in [1.165, 1.54) is 0 Å². The van der Waals surface area contributed by atoms with Crippen molar-refractivity contribution in [3.05, 3.63) is 71.8 Å². The van der Waals surface area contributed by atoms with E-state index in [0.717, 1.165) is 11.1 Å². The molecule has 2 rings (SSSR count). The lowest BCUT2D eigenvalue weighted by atomic mass is 10.2. The van der Waals surface area contributed by atoms with Crippen LogP contribution in [0.15, 0.2) is 60.7 Å². The SMILES string of the molecule is CC(CN)CNC(=O)OC(C)(C)C.CC(CNC(=O)C#Cc1ccccc1)CNC(=O)OC(C)(C)C.O=C(O)C#Cc1ccccc1. The van der Waals surface area contributed by atoms with E-state index in [9.17, 15) is 19.2 Å². The molecule has 11 heteroatoms. The molecule has 0 heterocycles. The van der Waals surface area contributed by atoms with Crippen molar-refractivity contribution >= 4 is 24.1 Å². The van der Waals surface area contributed by atoms with Crippen LogP contribution in [-0.4, -0.2) is 66.6 Å². The average molecular weight is 651 g/mol. The molecule has 0 aliphatic carbocycles. The Labute approximate surface area is 279 Å². The van der Waals surface area contributed by atoms with E-state index in [1.807, 2.05) is 110 Å². The predicted octanol–water partition coefficient (Wildman–Crippen LogP) is 4.54. The van der Waals surface area contributed by atoms with Crippen molar-refractivity contribution in [2.75, 3.05) is 26.2 Å². The van der Waals surface area contributed by atoms with Crippen molar-refractivity contribution in [2.45, 2.75) is 66.6 Å². The number of benzene rings is 2. The lowest BCUT2D eigenvalue weighted by Gasteiger charge is -2.20. The first kappa shape index (κ1) is 42.0. The van der Waals surface area contributed by atoms with Crippen LogP contribution in [0.5, 0.6) is 0 Å². The van der Waals surface area contributed by atoms with Gasteiger partial charge >= 0.3 is 18.2 Å². The van der Waals surface area contributed by atoms with E-state index >= 15 is 0 Å². The van der Waals surface area contributed by atoms with Gasteiger partial charge in [0.2, 0.25) is 0 Å². The molecule has 0 aliphatic heterocycles. The molecule has 0 saturated heterocycles. The molecule has 2 aromatic rings. The largest absolute Gasteiger partial charge is 0.472 e. The summed E-state index contributed by atoms with van der Waals surface area (Å²) in [6, 6.07) is 18.3. The lowest BCUT2D eigenvalue weighted by molar-refractivity contribution is -0.130. The van der Waals surface area contributed by atoms with Gasteiger partial charge in [0.1, 0.15) is 11.2 Å². The van der Waals surface area contributed by atoms with Crippen LogP contribution in [0.4, 0.5) is 9.59 Å². The zero-order valence-electron chi connectivity index (χ0n) is 28.7. The van der Waals surface area contributed by atoms with Crippen LogP contribution in [0.3, 0.4) is 0 Å². The number of carboxylic acids is 1. The second-order valence-electron chi connectivity index (χ2n) is 12.5. The molecule has 0 aliphatic rings. The summed E-state index contributed by atoms with van der Waals surface area (Å²) in [4.78, 5) is 44.3. The number of ether oxygens (including phenoxy) is 2. The number of carbonyl (C=O) groups excluding carboxylic acids is 3. The van der Waals surface area contributed by atoms with Gasteiger partial charge in [-0.15, -0.1) is 0 Å². The van der Waals surface area contributed by atoms with Crippen molar-refractivity contribution in [1.29, 1.82) is 0 Å². The molecule has 2 unspecified atom stereocenters. The van der Waals surface area contributed by atoms with Gasteiger partial charge in [-0.3, -0.25) is 4.79 Å². The Morgan fingerprint density at radius 2 is 1.06 bits per heavy atom. The normalized spacial score (nSPS) is 11.3. The molecule has 47 heavy (non-hydrogen) atoms. The molecular weight excluding hydrogens is 600 g/mol. The minimum Gasteiger partial charge on any atom is -0.472 e. The first-order valence-corrected chi connectivity index (χ1v) is 15.2. The van der Waals surface area contributed by atoms with E-state index in [1.54, 1.807) is 12.1 Å². The molecular formula is C36H50N4O7. The molecule has 2 aromatic carbocycles. The van der Waals surface area contributed by atoms with Crippen LogP contribution >= 0.6 is 0 Å². The molecule has 0 spiro atoms. The number of alkyl carbamates (subject to hydrolysis) is 2. The number of carbonyl (C=O) groups is 4. The highest BCUT2D eigenvalue weighted by atomic mass is 16.6. The predicted molar refractivity (Wildman–Crippen MR) is 183 cm³/mol. The van der Waals surface area contributed by atoms with Crippen molar-refractivity contribution in [2.24, 2.45) is 17.6 Å². The molecule has 256 valence electrons. The molecule has 2 atom stereocenters. The van der Waals surface area contributed by atoms with E-state index in [4.69, 9.17) is 20.3 Å². The zero-order chi connectivity index (χ0) is 35.9. The molecule has 11 nitrogen and oxygen atoms in total. The van der Waals surface area contributed by atoms with Crippen molar-refractivity contribution in [3.63, 3.8) is 0 Å². The Balaban J connectivity index is 0.000000744. The van der Waals surface area contributed by atoms with E-state index < -0.39 is 23.3 Å². The molecule has 3 amide bonds. The lowest BCUT2D eigenvalue weighted by Crippen LogP contribution is -2.37. The monoisotopic (exact) mass is 650 g/mol. The zero-order valence-corrected chi connectivity index (χ0v) is 28.7. The van der Waals surface area contributed by atoms with Crippen LogP contribution in [-0.2, 0) is 19.1 Å². The van der Waals surface area contributed by atoms with Gasteiger partial charge in [0, 0.05) is 42.6 Å². The summed E-state index contributed by atoms with van der Waals surface area (Å²) < 4.78 is 10.2. The third-order valence-corrected chi connectivity index (χ3v) is 5.18. The Morgan fingerprint density at radius 1 is 0.681 bits per heavy atom. The van der Waals surface area contributed by atoms with Gasteiger partial charge in [0.05, 0.1) is 0 Å². The second kappa shape index (κ2) is 22.5. The maximum Gasteiger partial charge on any atom is 0.407 e. The highest BCUT2D eigenvalue weighted by Gasteiger charge is 2.17. The van der Waals surface area contributed by atoms with Gasteiger partial charge in [-0.2, -0.15) is 0 Å². The number of nitrogens with two attached hydrogens (primary N) is 1. The number of carboxylic acid groups (broad SMARTS) is 1. The highest BCUT2D eigenvalue weighted by molar-refractivity contribution is 5.94. The number of nitrogens with one attached hydrogen (secondary N) is 3. The Morgan fingerprint density at radius 3 is 1.45 bits per heavy atom. The molecule has 0 saturated carbocycles. The maximum atomic E-state index is 11.6. The topological polar surface area (TPSA) is 169 Å². The molecule has 0 bridgehead atoms. The van der Waals surface area contributed by atoms with E-state index in [0.29, 0.717) is 26.2 Å². The third kappa shape index (κ3) is 27.1. The van der Waals surface area contributed by atoms with Crippen LogP contribution in [0.1, 0.15) is 66.5 Å². The fourth-order valence-electron chi connectivity index (χ4n) is 2.91. The number of hydrogen-bond acceptors (Lipinski definition) is 7. The van der Waals surface area contributed by atoms with Crippen LogP contribution in [0.25, 0.3) is 0 Å². The minimum atomic E-state index is -1.10. The number of aliphatic carboxylic acids is 1. The van der Waals surface area contributed by atoms with Crippen molar-refractivity contribution in [3.8, 4) is 23.7 Å².